The number of carbonyl (C=O) groups excluding carboxylic acids is 3. The van der Waals surface area contributed by atoms with Gasteiger partial charge in [0.15, 0.2) is 6.19 Å². The van der Waals surface area contributed by atoms with E-state index in [0.29, 0.717) is 60.7 Å². The van der Waals surface area contributed by atoms with Gasteiger partial charge in [0.2, 0.25) is 21.8 Å². The van der Waals surface area contributed by atoms with E-state index in [1.54, 1.807) is 7.11 Å². The van der Waals surface area contributed by atoms with Gasteiger partial charge in [-0.05, 0) is 91.2 Å². The molecular weight excluding hydrogens is 831 g/mol. The van der Waals surface area contributed by atoms with Gasteiger partial charge in [-0.15, -0.1) is 11.3 Å². The number of thiazole rings is 1. The summed E-state index contributed by atoms with van der Waals surface area (Å²) in [5, 5.41) is 25.0. The number of rotatable bonds is 12. The first-order chi connectivity index (χ1) is 29.6. The monoisotopic (exact) mass is 887 g/mol. The van der Waals surface area contributed by atoms with Crippen molar-refractivity contribution in [2.75, 3.05) is 13.7 Å². The number of methoxy groups -OCH3 is 1. The number of amides is 3. The van der Waals surface area contributed by atoms with Crippen molar-refractivity contribution >= 4 is 50.0 Å². The zero-order valence-corrected chi connectivity index (χ0v) is 37.6. The fourth-order valence-electron chi connectivity index (χ4n) is 8.64. The standard InChI is InChI=1S/C44H57N9O7S2/c1-25-35(59-5)18-17-30-36(20-32(47-37(25)30)39-48-33(23-61-39)26-13-14-26)60-28-19-34-38(54)50-44(41(56)52-62(57,58)29-15-16-29)21-27(44)11-9-7-6-8-10-12-31(40(55)53(34)22-28)49-42(46-24-45)51-43(2,3)4/h9,11,17-18,20,23,26-29,31,34,42,46,49,51H,6-8,10,12-16,19,21-22H2,1-5H3,(H,50,54)(H,52,56)/b11-9-/t27-,28-,31+,34+,42?,44-/m1/s1. The van der Waals surface area contributed by atoms with Crippen molar-refractivity contribution in [2.24, 2.45) is 5.92 Å². The first-order valence-electron chi connectivity index (χ1n) is 21.7. The number of nitrogens with zero attached hydrogens (tertiary/aromatic N) is 4. The Morgan fingerprint density at radius 3 is 2.60 bits per heavy atom. The van der Waals surface area contributed by atoms with Gasteiger partial charge < -0.3 is 19.7 Å². The summed E-state index contributed by atoms with van der Waals surface area (Å²) >= 11 is 1.53. The molecule has 332 valence electrons. The number of carbonyl (C=O) groups is 3. The molecule has 2 aromatic heterocycles. The van der Waals surface area contributed by atoms with Crippen molar-refractivity contribution in [3.05, 3.63) is 47.0 Å². The predicted molar refractivity (Wildman–Crippen MR) is 234 cm³/mol. The number of fused-ring (bicyclic) bond motifs is 3. The molecule has 0 radical (unpaired) electrons. The molecule has 1 unspecified atom stereocenters. The summed E-state index contributed by atoms with van der Waals surface area (Å²) in [4.78, 5) is 55.2. The molecule has 0 spiro atoms. The summed E-state index contributed by atoms with van der Waals surface area (Å²) in [6.07, 6.45) is 11.4. The highest BCUT2D eigenvalue weighted by Gasteiger charge is 2.62. The fraction of sp³-hybridized carbons (Fsp3) is 0.591. The second-order valence-electron chi connectivity index (χ2n) is 18.4. The van der Waals surface area contributed by atoms with Gasteiger partial charge >= 0.3 is 0 Å². The highest BCUT2D eigenvalue weighted by molar-refractivity contribution is 7.91. The van der Waals surface area contributed by atoms with E-state index >= 15 is 4.79 Å². The molecule has 0 bridgehead atoms. The predicted octanol–water partition coefficient (Wildman–Crippen LogP) is 4.61. The van der Waals surface area contributed by atoms with E-state index < -0.39 is 68.6 Å². The number of pyridine rings is 1. The molecule has 4 fully saturated rings. The van der Waals surface area contributed by atoms with E-state index in [0.717, 1.165) is 47.3 Å². The lowest BCUT2D eigenvalue weighted by Crippen LogP contribution is -2.63. The second kappa shape index (κ2) is 17.4. The van der Waals surface area contributed by atoms with E-state index in [1.165, 1.54) is 16.2 Å². The largest absolute Gasteiger partial charge is 0.496 e. The highest BCUT2D eigenvalue weighted by atomic mass is 32.2. The zero-order chi connectivity index (χ0) is 44.0. The van der Waals surface area contributed by atoms with Crippen LogP contribution in [0.25, 0.3) is 21.6 Å². The van der Waals surface area contributed by atoms with E-state index in [2.05, 4.69) is 31.4 Å². The van der Waals surface area contributed by atoms with Gasteiger partial charge in [0.25, 0.3) is 5.91 Å². The Morgan fingerprint density at radius 1 is 1.10 bits per heavy atom. The topological polar surface area (TPSA) is 217 Å². The molecule has 16 nitrogen and oxygen atoms in total. The number of ether oxygens (including phenoxy) is 2. The highest BCUT2D eigenvalue weighted by Crippen LogP contribution is 2.47. The number of aromatic nitrogens is 2. The minimum Gasteiger partial charge on any atom is -0.496 e. The van der Waals surface area contributed by atoms with Crippen LogP contribution in [-0.4, -0.2) is 95.5 Å². The Morgan fingerprint density at radius 2 is 1.89 bits per heavy atom. The molecular formula is C44H57N9O7S2. The maximum atomic E-state index is 15.0. The molecule has 5 aliphatic rings. The summed E-state index contributed by atoms with van der Waals surface area (Å²) in [6.45, 7) is 7.83. The van der Waals surface area contributed by atoms with Crippen LogP contribution in [0.4, 0.5) is 0 Å². The summed E-state index contributed by atoms with van der Waals surface area (Å²) in [6, 6.07) is 3.72. The zero-order valence-electron chi connectivity index (χ0n) is 36.0. The van der Waals surface area contributed by atoms with Crippen LogP contribution < -0.4 is 35.5 Å². The summed E-state index contributed by atoms with van der Waals surface area (Å²) in [7, 11) is -2.29. The molecule has 62 heavy (non-hydrogen) atoms. The molecule has 3 aliphatic carbocycles. The Labute approximate surface area is 367 Å². The second-order valence-corrected chi connectivity index (χ2v) is 21.3. The van der Waals surface area contributed by atoms with Crippen molar-refractivity contribution in [2.45, 2.75) is 145 Å². The third-order valence-electron chi connectivity index (χ3n) is 12.4. The van der Waals surface area contributed by atoms with Crippen LogP contribution in [0.15, 0.2) is 35.7 Å². The molecule has 3 saturated carbocycles. The first kappa shape index (κ1) is 43.8. The molecule has 8 rings (SSSR count). The van der Waals surface area contributed by atoms with Crippen LogP contribution in [0.3, 0.4) is 0 Å². The quantitative estimate of drug-likeness (QED) is 0.0728. The van der Waals surface area contributed by atoms with Gasteiger partial charge in [0.05, 0.1) is 36.2 Å². The molecule has 1 saturated heterocycles. The van der Waals surface area contributed by atoms with Gasteiger partial charge in [-0.2, -0.15) is 5.26 Å². The van der Waals surface area contributed by atoms with Crippen LogP contribution >= 0.6 is 11.3 Å². The van der Waals surface area contributed by atoms with Crippen LogP contribution in [0.2, 0.25) is 0 Å². The summed E-state index contributed by atoms with van der Waals surface area (Å²) in [5.74, 6) is -0.490. The Balaban J connectivity index is 1.15. The average Bonchev–Trinajstić information content (AvgIpc) is 4.17. The minimum atomic E-state index is -3.91. The number of aryl methyl sites for hydroxylation is 1. The lowest BCUT2D eigenvalue weighted by Gasteiger charge is -2.34. The summed E-state index contributed by atoms with van der Waals surface area (Å²) in [5.41, 5.74) is 1.26. The van der Waals surface area contributed by atoms with Gasteiger partial charge in [0.1, 0.15) is 46.2 Å². The maximum Gasteiger partial charge on any atom is 0.259 e. The number of benzene rings is 1. The molecule has 2 aliphatic heterocycles. The molecule has 5 N–H and O–H groups in total. The number of allylic oxidation sites excluding steroid dienone is 1. The molecule has 1 aromatic carbocycles. The van der Waals surface area contributed by atoms with E-state index in [4.69, 9.17) is 19.4 Å². The lowest BCUT2D eigenvalue weighted by molar-refractivity contribution is -0.141. The van der Waals surface area contributed by atoms with Crippen LogP contribution in [0.1, 0.15) is 109 Å². The molecule has 6 atom stereocenters. The van der Waals surface area contributed by atoms with Crippen LogP contribution in [-0.2, 0) is 24.4 Å². The van der Waals surface area contributed by atoms with Crippen LogP contribution in [0.5, 0.6) is 11.5 Å². The average molecular weight is 888 g/mol. The lowest BCUT2D eigenvalue weighted by atomic mass is 10.0. The van der Waals surface area contributed by atoms with Gasteiger partial charge in [-0.1, -0.05) is 25.0 Å². The van der Waals surface area contributed by atoms with E-state index in [9.17, 15) is 23.3 Å². The molecule has 3 amide bonds. The van der Waals surface area contributed by atoms with E-state index in [1.807, 2.05) is 64.2 Å². The van der Waals surface area contributed by atoms with Crippen molar-refractivity contribution in [3.63, 3.8) is 0 Å². The van der Waals surface area contributed by atoms with Gasteiger partial charge in [0, 0.05) is 46.2 Å². The number of sulfonamides is 1. The van der Waals surface area contributed by atoms with Crippen molar-refractivity contribution in [3.8, 4) is 28.4 Å². The minimum absolute atomic E-state index is 0.0358. The van der Waals surface area contributed by atoms with E-state index in [-0.39, 0.29) is 25.3 Å². The molecule has 18 heteroatoms. The summed E-state index contributed by atoms with van der Waals surface area (Å²) < 4.78 is 40.8. The maximum absolute atomic E-state index is 15.0. The van der Waals surface area contributed by atoms with Crippen molar-refractivity contribution < 1.29 is 32.3 Å². The van der Waals surface area contributed by atoms with Crippen LogP contribution in [0, 0.1) is 24.3 Å². The SMILES string of the molecule is COc1ccc2c(O[C@@H]3C[C@H]4C(=O)N[C@]5(C(=O)NS(=O)(=O)C6CC6)C[C@H]5/C=C\CCCCC[C@H](NC(NC#N)NC(C)(C)C)C(=O)N4C3)cc(-c3nc(C4CC4)cs3)nc2c1C. The molecule has 3 aromatic rings. The smallest absolute Gasteiger partial charge is 0.259 e. The normalized spacial score (nSPS) is 26.8. The van der Waals surface area contributed by atoms with Gasteiger partial charge in [-0.3, -0.25) is 35.1 Å². The number of hydrogen-bond donors (Lipinski definition) is 5. The number of hydrogen-bond acceptors (Lipinski definition) is 14. The Bertz CT molecular complexity index is 2400. The number of nitrogens with one attached hydrogen (secondary N) is 5. The Kier molecular flexibility index (Phi) is 12.3. The fourth-order valence-corrected chi connectivity index (χ4v) is 10.9. The third-order valence-corrected chi connectivity index (χ3v) is 15.1. The number of nitriles is 1. The van der Waals surface area contributed by atoms with Crippen molar-refractivity contribution in [1.82, 2.24) is 40.9 Å². The van der Waals surface area contributed by atoms with Crippen molar-refractivity contribution in [1.29, 1.82) is 5.26 Å². The first-order valence-corrected chi connectivity index (χ1v) is 24.2. The Hall–Kier alpha value is -4.83. The molecule has 4 heterocycles. The van der Waals surface area contributed by atoms with Gasteiger partial charge in [-0.25, -0.2) is 18.4 Å². The third kappa shape index (κ3) is 9.55.